The van der Waals surface area contributed by atoms with Crippen LogP contribution in [0, 0.1) is 5.92 Å². The Balaban J connectivity index is 1.71. The van der Waals surface area contributed by atoms with Crippen LogP contribution in [0.15, 0.2) is 24.3 Å². The maximum absolute atomic E-state index is 12.8. The van der Waals surface area contributed by atoms with Crippen LogP contribution in [-0.4, -0.2) is 29.9 Å². The summed E-state index contributed by atoms with van der Waals surface area (Å²) in [6.45, 7) is 3.92. The monoisotopic (exact) mass is 286 g/mol. The van der Waals surface area contributed by atoms with Gasteiger partial charge in [0.1, 0.15) is 0 Å². The number of anilines is 1. The third kappa shape index (κ3) is 3.07. The number of amides is 1. The average Bonchev–Trinajstić information content (AvgIpc) is 3.18. The molecule has 1 aliphatic carbocycles. The molecular weight excluding hydrogens is 260 g/mol. The zero-order valence-electron chi connectivity index (χ0n) is 13.0. The van der Waals surface area contributed by atoms with Crippen LogP contribution in [0.5, 0.6) is 0 Å². The number of carbonyl (C=O) groups excluding carboxylic acids is 1. The van der Waals surface area contributed by atoms with Crippen molar-refractivity contribution in [3.63, 3.8) is 0 Å². The Bertz CT molecular complexity index is 476. The van der Waals surface area contributed by atoms with Crippen LogP contribution in [0.1, 0.15) is 55.8 Å². The van der Waals surface area contributed by atoms with Crippen molar-refractivity contribution in [1.29, 1.82) is 0 Å². The van der Waals surface area contributed by atoms with E-state index in [4.69, 9.17) is 0 Å². The number of nitrogens with zero attached hydrogens (tertiary/aromatic N) is 1. The molecule has 0 aromatic heterocycles. The van der Waals surface area contributed by atoms with Crippen LogP contribution in [0.4, 0.5) is 5.69 Å². The molecule has 1 saturated carbocycles. The molecule has 1 aromatic rings. The summed E-state index contributed by atoms with van der Waals surface area (Å²) in [7, 11) is 0. The zero-order chi connectivity index (χ0) is 14.7. The fourth-order valence-corrected chi connectivity index (χ4v) is 3.98. The Morgan fingerprint density at radius 2 is 1.86 bits per heavy atom. The summed E-state index contributed by atoms with van der Waals surface area (Å²) in [5, 5.41) is 3.27. The molecule has 0 spiro atoms. The van der Waals surface area contributed by atoms with Crippen molar-refractivity contribution in [3.8, 4) is 0 Å². The highest BCUT2D eigenvalue weighted by molar-refractivity contribution is 5.95. The van der Waals surface area contributed by atoms with Gasteiger partial charge in [0, 0.05) is 30.4 Å². The molecule has 0 bridgehead atoms. The smallest absolute Gasteiger partial charge is 0.254 e. The van der Waals surface area contributed by atoms with Gasteiger partial charge in [-0.05, 0) is 62.8 Å². The van der Waals surface area contributed by atoms with Gasteiger partial charge in [-0.25, -0.2) is 0 Å². The van der Waals surface area contributed by atoms with E-state index in [2.05, 4.69) is 17.1 Å². The van der Waals surface area contributed by atoms with E-state index in [0.717, 1.165) is 30.3 Å². The second kappa shape index (κ2) is 6.50. The summed E-state index contributed by atoms with van der Waals surface area (Å²) in [4.78, 5) is 14.9. The van der Waals surface area contributed by atoms with E-state index < -0.39 is 0 Å². The minimum absolute atomic E-state index is 0.229. The second-order valence-corrected chi connectivity index (χ2v) is 6.36. The topological polar surface area (TPSA) is 32.3 Å². The lowest BCUT2D eigenvalue weighted by Gasteiger charge is -2.29. The predicted octanol–water partition coefficient (Wildman–Crippen LogP) is 3.91. The number of hydrogen-bond acceptors (Lipinski definition) is 2. The Hall–Kier alpha value is -1.51. The Labute approximate surface area is 127 Å². The van der Waals surface area contributed by atoms with Gasteiger partial charge < -0.3 is 10.2 Å². The molecular formula is C18H26N2O. The molecule has 1 saturated heterocycles. The maximum Gasteiger partial charge on any atom is 0.254 e. The van der Waals surface area contributed by atoms with Gasteiger partial charge in [-0.3, -0.25) is 4.79 Å². The summed E-state index contributed by atoms with van der Waals surface area (Å²) in [6, 6.07) is 8.44. The largest absolute Gasteiger partial charge is 0.385 e. The minimum atomic E-state index is 0.229. The molecule has 0 radical (unpaired) electrons. The fraction of sp³-hybridized carbons (Fsp3) is 0.611. The van der Waals surface area contributed by atoms with E-state index in [1.54, 1.807) is 0 Å². The lowest BCUT2D eigenvalue weighted by atomic mass is 9.95. The van der Waals surface area contributed by atoms with Gasteiger partial charge in [0.15, 0.2) is 0 Å². The van der Waals surface area contributed by atoms with Crippen LogP contribution in [-0.2, 0) is 0 Å². The normalized spacial score (nSPS) is 22.7. The van der Waals surface area contributed by atoms with Crippen LogP contribution in [0.2, 0.25) is 0 Å². The third-order valence-corrected chi connectivity index (χ3v) is 5.02. The zero-order valence-corrected chi connectivity index (χ0v) is 13.0. The number of likely N-dealkylation sites (tertiary alicyclic amines) is 1. The molecule has 114 valence electrons. The van der Waals surface area contributed by atoms with Crippen molar-refractivity contribution in [2.24, 2.45) is 5.92 Å². The molecule has 3 heteroatoms. The number of nitrogens with one attached hydrogen (secondary N) is 1. The number of carbonyl (C=O) groups is 1. The van der Waals surface area contributed by atoms with Crippen LogP contribution >= 0.6 is 0 Å². The lowest BCUT2D eigenvalue weighted by Crippen LogP contribution is -2.39. The molecule has 1 unspecified atom stereocenters. The van der Waals surface area contributed by atoms with Crippen molar-refractivity contribution in [3.05, 3.63) is 29.8 Å². The predicted molar refractivity (Wildman–Crippen MR) is 86.6 cm³/mol. The van der Waals surface area contributed by atoms with Gasteiger partial charge in [0.2, 0.25) is 0 Å². The lowest BCUT2D eigenvalue weighted by molar-refractivity contribution is 0.0689. The summed E-state index contributed by atoms with van der Waals surface area (Å²) in [5.74, 6) is 0.977. The average molecular weight is 286 g/mol. The van der Waals surface area contributed by atoms with Gasteiger partial charge >= 0.3 is 0 Å². The van der Waals surface area contributed by atoms with Crippen molar-refractivity contribution >= 4 is 11.6 Å². The minimum Gasteiger partial charge on any atom is -0.385 e. The van der Waals surface area contributed by atoms with Gasteiger partial charge in [0.05, 0.1) is 0 Å². The Morgan fingerprint density at radius 1 is 1.14 bits per heavy atom. The molecule has 2 fully saturated rings. The molecule has 1 atom stereocenters. The Morgan fingerprint density at radius 3 is 2.52 bits per heavy atom. The summed E-state index contributed by atoms with van der Waals surface area (Å²) in [5.41, 5.74) is 1.92. The fourth-order valence-electron chi connectivity index (χ4n) is 3.98. The summed E-state index contributed by atoms with van der Waals surface area (Å²) >= 11 is 0. The van der Waals surface area contributed by atoms with E-state index in [1.807, 2.05) is 24.3 Å². The first-order valence-corrected chi connectivity index (χ1v) is 8.44. The van der Waals surface area contributed by atoms with E-state index in [-0.39, 0.29) is 5.91 Å². The van der Waals surface area contributed by atoms with E-state index in [9.17, 15) is 4.79 Å². The molecule has 21 heavy (non-hydrogen) atoms. The van der Waals surface area contributed by atoms with Crippen LogP contribution < -0.4 is 5.32 Å². The third-order valence-electron chi connectivity index (χ3n) is 5.02. The first-order valence-electron chi connectivity index (χ1n) is 8.44. The Kier molecular flexibility index (Phi) is 4.47. The van der Waals surface area contributed by atoms with Crippen molar-refractivity contribution < 1.29 is 4.79 Å². The maximum atomic E-state index is 12.8. The summed E-state index contributed by atoms with van der Waals surface area (Å²) in [6.07, 6.45) is 7.69. The number of hydrogen-bond donors (Lipinski definition) is 1. The van der Waals surface area contributed by atoms with E-state index in [0.29, 0.717) is 6.04 Å². The van der Waals surface area contributed by atoms with Gasteiger partial charge in [-0.2, -0.15) is 0 Å². The van der Waals surface area contributed by atoms with Gasteiger partial charge in [0.25, 0.3) is 5.91 Å². The highest BCUT2D eigenvalue weighted by Gasteiger charge is 2.36. The standard InChI is InChI=1S/C18H26N2O/c1-2-19-16-11-9-15(10-12-16)18(21)20-13-5-8-17(20)14-6-3-4-7-14/h9-12,14,17,19H,2-8,13H2,1H3. The molecule has 2 aliphatic rings. The highest BCUT2D eigenvalue weighted by atomic mass is 16.2. The van der Waals surface area contributed by atoms with Crippen molar-refractivity contribution in [1.82, 2.24) is 4.90 Å². The molecule has 1 heterocycles. The van der Waals surface area contributed by atoms with Crippen LogP contribution in [0.3, 0.4) is 0 Å². The van der Waals surface area contributed by atoms with Crippen LogP contribution in [0.25, 0.3) is 0 Å². The van der Waals surface area contributed by atoms with Crippen molar-refractivity contribution in [2.75, 3.05) is 18.4 Å². The molecule has 1 N–H and O–H groups in total. The molecule has 1 aromatic carbocycles. The van der Waals surface area contributed by atoms with Gasteiger partial charge in [-0.1, -0.05) is 12.8 Å². The highest BCUT2D eigenvalue weighted by Crippen LogP contribution is 2.36. The molecule has 1 amide bonds. The quantitative estimate of drug-likeness (QED) is 0.910. The second-order valence-electron chi connectivity index (χ2n) is 6.36. The van der Waals surface area contributed by atoms with Gasteiger partial charge in [-0.15, -0.1) is 0 Å². The molecule has 3 nitrogen and oxygen atoms in total. The van der Waals surface area contributed by atoms with Crippen molar-refractivity contribution in [2.45, 2.75) is 51.5 Å². The number of rotatable bonds is 4. The molecule has 3 rings (SSSR count). The molecule has 1 aliphatic heterocycles. The van der Waals surface area contributed by atoms with E-state index in [1.165, 1.54) is 38.5 Å². The van der Waals surface area contributed by atoms with E-state index >= 15 is 0 Å². The first-order chi connectivity index (χ1) is 10.3. The summed E-state index contributed by atoms with van der Waals surface area (Å²) < 4.78 is 0. The number of benzene rings is 1. The SMILES string of the molecule is CCNc1ccc(C(=O)N2CCCC2C2CCCC2)cc1. The first kappa shape index (κ1) is 14.4.